The van der Waals surface area contributed by atoms with Crippen molar-refractivity contribution in [3.8, 4) is 35.5 Å². The van der Waals surface area contributed by atoms with Crippen molar-refractivity contribution >= 4 is 21.8 Å². The van der Waals surface area contributed by atoms with Crippen molar-refractivity contribution in [2.45, 2.75) is 18.8 Å². The van der Waals surface area contributed by atoms with Crippen molar-refractivity contribution in [1.29, 1.82) is 21.2 Å². The lowest BCUT2D eigenvalue weighted by Crippen LogP contribution is -2.57. The van der Waals surface area contributed by atoms with Crippen LogP contribution in [0.5, 0.6) is 17.2 Å². The fourth-order valence-corrected chi connectivity index (χ4v) is 5.37. The second-order valence-electron chi connectivity index (χ2n) is 8.24. The van der Waals surface area contributed by atoms with Crippen LogP contribution < -0.4 is 14.2 Å². The van der Waals surface area contributed by atoms with E-state index >= 15 is 0 Å². The molecular weight excluding hydrogens is 516 g/mol. The summed E-state index contributed by atoms with van der Waals surface area (Å²) >= 11 is 3.40. The van der Waals surface area contributed by atoms with Gasteiger partial charge in [0.1, 0.15) is 6.10 Å². The van der Waals surface area contributed by atoms with E-state index in [-0.39, 0.29) is 11.5 Å². The molecule has 2 bridgehead atoms. The third-order valence-corrected chi connectivity index (χ3v) is 7.43. The molecule has 35 heavy (non-hydrogen) atoms. The summed E-state index contributed by atoms with van der Waals surface area (Å²) in [6.45, 7) is 1.65. The molecule has 9 nitrogen and oxygen atoms in total. The van der Waals surface area contributed by atoms with Crippen LogP contribution in [0.2, 0.25) is 0 Å². The highest BCUT2D eigenvalue weighted by atomic mass is 79.9. The standard InChI is InChI=1S/C25H21BrN4O5/c1-14-24(13-29)22(30)35-25(14,16-5-7-17(26)8-6-16)34-21(23(24,11-27)12-28)15-9-18(31-2)20(33-4)19(10-15)32-3/h5-10,14,21,30H,1-4H3. The number of benzene rings is 2. The molecule has 178 valence electrons. The topological polar surface area (TPSA) is 141 Å². The summed E-state index contributed by atoms with van der Waals surface area (Å²) in [5.41, 5.74) is -3.18. The second kappa shape index (κ2) is 8.46. The minimum Gasteiger partial charge on any atom is -0.493 e. The number of nitriles is 3. The molecule has 4 unspecified atom stereocenters. The summed E-state index contributed by atoms with van der Waals surface area (Å²) in [4.78, 5) is 0. The molecule has 2 fully saturated rings. The molecule has 0 amide bonds. The van der Waals surface area contributed by atoms with Gasteiger partial charge in [0, 0.05) is 10.0 Å². The monoisotopic (exact) mass is 536 g/mol. The van der Waals surface area contributed by atoms with Gasteiger partial charge in [0.25, 0.3) is 0 Å². The molecule has 2 saturated heterocycles. The zero-order valence-electron chi connectivity index (χ0n) is 19.4. The van der Waals surface area contributed by atoms with Crippen molar-refractivity contribution in [2.24, 2.45) is 16.7 Å². The van der Waals surface area contributed by atoms with Crippen molar-refractivity contribution in [3.63, 3.8) is 0 Å². The number of rotatable bonds is 5. The third-order valence-electron chi connectivity index (χ3n) is 6.91. The Bertz CT molecular complexity index is 1290. The molecule has 0 radical (unpaired) electrons. The van der Waals surface area contributed by atoms with Gasteiger partial charge in [-0.15, -0.1) is 0 Å². The average molecular weight is 537 g/mol. The SMILES string of the molecule is COc1cc(C2OC3(c4ccc(Br)cc4)OC(=N)C(C#N)(C3C)C2(C#N)C#N)cc(OC)c1OC. The number of hydrogen-bond donors (Lipinski definition) is 1. The average Bonchev–Trinajstić information content (AvgIpc) is 3.04. The Morgan fingerprint density at radius 1 is 0.943 bits per heavy atom. The summed E-state index contributed by atoms with van der Waals surface area (Å²) in [5, 5.41) is 40.0. The predicted octanol–water partition coefficient (Wildman–Crippen LogP) is 4.59. The second-order valence-corrected chi connectivity index (χ2v) is 9.15. The van der Waals surface area contributed by atoms with E-state index in [1.165, 1.54) is 21.3 Å². The number of nitrogens with one attached hydrogen (secondary N) is 1. The molecule has 4 atom stereocenters. The van der Waals surface area contributed by atoms with Gasteiger partial charge >= 0.3 is 0 Å². The van der Waals surface area contributed by atoms with E-state index in [1.807, 2.05) is 12.1 Å². The fourth-order valence-electron chi connectivity index (χ4n) is 5.10. The fraction of sp³-hybridized carbons (Fsp3) is 0.360. The highest BCUT2D eigenvalue weighted by Gasteiger charge is 2.79. The normalized spacial score (nSPS) is 28.1. The summed E-state index contributed by atoms with van der Waals surface area (Å²) in [6.07, 6.45) is -1.31. The molecule has 0 aromatic heterocycles. The van der Waals surface area contributed by atoms with Crippen LogP contribution in [0, 0.1) is 56.2 Å². The summed E-state index contributed by atoms with van der Waals surface area (Å²) < 4.78 is 29.7. The lowest BCUT2D eigenvalue weighted by Gasteiger charge is -2.48. The van der Waals surface area contributed by atoms with Crippen LogP contribution in [0.25, 0.3) is 0 Å². The molecule has 0 saturated carbocycles. The quantitative estimate of drug-likeness (QED) is 0.584. The van der Waals surface area contributed by atoms with Crippen LogP contribution >= 0.6 is 15.9 Å². The minimum atomic E-state index is -2.13. The van der Waals surface area contributed by atoms with Crippen molar-refractivity contribution in [3.05, 3.63) is 52.0 Å². The van der Waals surface area contributed by atoms with E-state index in [0.717, 1.165) is 4.47 Å². The number of nitrogens with zero attached hydrogens (tertiary/aromatic N) is 3. The zero-order chi connectivity index (χ0) is 25.6. The van der Waals surface area contributed by atoms with Crippen molar-refractivity contribution in [2.75, 3.05) is 21.3 Å². The van der Waals surface area contributed by atoms with Crippen LogP contribution in [0.3, 0.4) is 0 Å². The van der Waals surface area contributed by atoms with E-state index in [2.05, 4.69) is 22.0 Å². The Balaban J connectivity index is 2.06. The molecule has 2 aliphatic rings. The van der Waals surface area contributed by atoms with Gasteiger partial charge in [-0.05, 0) is 29.8 Å². The maximum atomic E-state index is 10.5. The van der Waals surface area contributed by atoms with Crippen molar-refractivity contribution < 1.29 is 23.7 Å². The molecule has 10 heteroatoms. The maximum Gasteiger partial charge on any atom is 0.244 e. The number of fused-ring (bicyclic) bond motifs is 2. The van der Waals surface area contributed by atoms with Crippen LogP contribution in [0.15, 0.2) is 40.9 Å². The smallest absolute Gasteiger partial charge is 0.244 e. The zero-order valence-corrected chi connectivity index (χ0v) is 21.0. The van der Waals surface area contributed by atoms with Gasteiger partial charge < -0.3 is 23.7 Å². The molecule has 2 heterocycles. The Hall–Kier alpha value is -3.78. The van der Waals surface area contributed by atoms with Gasteiger partial charge in [-0.25, -0.2) is 0 Å². The molecule has 2 aromatic carbocycles. The Morgan fingerprint density at radius 2 is 1.51 bits per heavy atom. The summed E-state index contributed by atoms with van der Waals surface area (Å²) in [6, 6.07) is 16.4. The lowest BCUT2D eigenvalue weighted by atomic mass is 9.53. The number of methoxy groups -OCH3 is 3. The van der Waals surface area contributed by atoms with Crippen LogP contribution in [-0.2, 0) is 15.3 Å². The molecule has 1 N–H and O–H groups in total. The molecule has 2 aromatic rings. The van der Waals surface area contributed by atoms with E-state index in [9.17, 15) is 15.8 Å². The van der Waals surface area contributed by atoms with E-state index < -0.39 is 34.5 Å². The maximum absolute atomic E-state index is 10.5. The van der Waals surface area contributed by atoms with Gasteiger partial charge in [-0.2, -0.15) is 15.8 Å². The van der Waals surface area contributed by atoms with Gasteiger partial charge in [-0.3, -0.25) is 5.41 Å². The number of halogens is 1. The summed E-state index contributed by atoms with van der Waals surface area (Å²) in [7, 11) is 4.33. The van der Waals surface area contributed by atoms with E-state index in [0.29, 0.717) is 16.9 Å². The first-order valence-electron chi connectivity index (χ1n) is 10.5. The predicted molar refractivity (Wildman–Crippen MR) is 125 cm³/mol. The Labute approximate surface area is 211 Å². The Morgan fingerprint density at radius 3 is 1.97 bits per heavy atom. The third kappa shape index (κ3) is 2.96. The first-order valence-corrected chi connectivity index (χ1v) is 11.3. The molecule has 0 aliphatic carbocycles. The first kappa shape index (κ1) is 24.3. The molecular formula is C25H21BrN4O5. The van der Waals surface area contributed by atoms with Crippen LogP contribution in [-0.4, -0.2) is 27.2 Å². The molecule has 0 spiro atoms. The van der Waals surface area contributed by atoms with E-state index in [1.54, 1.807) is 43.3 Å². The first-order chi connectivity index (χ1) is 16.7. The summed E-state index contributed by atoms with van der Waals surface area (Å²) in [5.74, 6) is -2.09. The van der Waals surface area contributed by atoms with Gasteiger partial charge in [0.2, 0.25) is 22.8 Å². The number of hydrogen-bond acceptors (Lipinski definition) is 9. The van der Waals surface area contributed by atoms with Gasteiger partial charge in [-0.1, -0.05) is 35.0 Å². The Kier molecular flexibility index (Phi) is 5.89. The van der Waals surface area contributed by atoms with E-state index in [4.69, 9.17) is 29.1 Å². The number of ether oxygens (including phenoxy) is 5. The van der Waals surface area contributed by atoms with Crippen molar-refractivity contribution in [1.82, 2.24) is 0 Å². The minimum absolute atomic E-state index is 0.279. The lowest BCUT2D eigenvalue weighted by molar-refractivity contribution is -0.288. The molecule has 2 aliphatic heterocycles. The van der Waals surface area contributed by atoms with Crippen LogP contribution in [0.1, 0.15) is 24.2 Å². The molecule has 4 rings (SSSR count). The van der Waals surface area contributed by atoms with Gasteiger partial charge in [0.15, 0.2) is 16.9 Å². The van der Waals surface area contributed by atoms with Crippen LogP contribution in [0.4, 0.5) is 0 Å². The van der Waals surface area contributed by atoms with Gasteiger partial charge in [0.05, 0.1) is 45.5 Å². The highest BCUT2D eigenvalue weighted by molar-refractivity contribution is 9.10. The largest absolute Gasteiger partial charge is 0.493 e. The highest BCUT2D eigenvalue weighted by Crippen LogP contribution is 2.69.